The van der Waals surface area contributed by atoms with Gasteiger partial charge in [-0.15, -0.1) is 0 Å². The van der Waals surface area contributed by atoms with Gasteiger partial charge in [-0.05, 0) is 23.6 Å². The monoisotopic (exact) mass is 233 g/mol. The fraction of sp³-hybridized carbons (Fsp3) is 0.385. The summed E-state index contributed by atoms with van der Waals surface area (Å²) in [5.74, 6) is 0.141. The molecular weight excluding hydrogens is 218 g/mol. The molecule has 0 amide bonds. The SMILES string of the molecule is CCc1cc(CC(=O)OC)c(C#N)c(OC)c1. The van der Waals surface area contributed by atoms with Crippen LogP contribution in [0.2, 0.25) is 0 Å². The maximum atomic E-state index is 11.3. The van der Waals surface area contributed by atoms with Crippen LogP contribution in [0.4, 0.5) is 0 Å². The number of esters is 1. The van der Waals surface area contributed by atoms with Gasteiger partial charge in [0, 0.05) is 0 Å². The highest BCUT2D eigenvalue weighted by molar-refractivity contribution is 5.74. The Kier molecular flexibility index (Phi) is 4.53. The van der Waals surface area contributed by atoms with Gasteiger partial charge in [0.2, 0.25) is 0 Å². The Balaban J connectivity index is 3.25. The highest BCUT2D eigenvalue weighted by Gasteiger charge is 2.14. The van der Waals surface area contributed by atoms with Crippen LogP contribution >= 0.6 is 0 Å². The third kappa shape index (κ3) is 2.97. The second-order valence-corrected chi connectivity index (χ2v) is 3.55. The lowest BCUT2D eigenvalue weighted by Crippen LogP contribution is -2.07. The van der Waals surface area contributed by atoms with E-state index >= 15 is 0 Å². The van der Waals surface area contributed by atoms with Crippen molar-refractivity contribution >= 4 is 5.97 Å². The Labute approximate surface area is 101 Å². The molecule has 4 heteroatoms. The largest absolute Gasteiger partial charge is 0.495 e. The lowest BCUT2D eigenvalue weighted by atomic mass is 9.99. The summed E-state index contributed by atoms with van der Waals surface area (Å²) in [7, 11) is 2.84. The zero-order valence-corrected chi connectivity index (χ0v) is 10.2. The minimum absolute atomic E-state index is 0.0869. The van der Waals surface area contributed by atoms with E-state index in [0.29, 0.717) is 16.9 Å². The molecule has 90 valence electrons. The maximum absolute atomic E-state index is 11.3. The second-order valence-electron chi connectivity index (χ2n) is 3.55. The Hall–Kier alpha value is -2.02. The number of hydrogen-bond acceptors (Lipinski definition) is 4. The van der Waals surface area contributed by atoms with Gasteiger partial charge in [0.1, 0.15) is 11.8 Å². The van der Waals surface area contributed by atoms with Crippen molar-refractivity contribution in [2.45, 2.75) is 19.8 Å². The molecule has 1 rings (SSSR count). The van der Waals surface area contributed by atoms with Crippen LogP contribution in [0.3, 0.4) is 0 Å². The van der Waals surface area contributed by atoms with E-state index in [1.54, 1.807) is 0 Å². The minimum Gasteiger partial charge on any atom is -0.495 e. The fourth-order valence-corrected chi connectivity index (χ4v) is 1.60. The van der Waals surface area contributed by atoms with Gasteiger partial charge < -0.3 is 9.47 Å². The number of aryl methyl sites for hydroxylation is 1. The third-order valence-electron chi connectivity index (χ3n) is 2.55. The average Bonchev–Trinajstić information content (AvgIpc) is 2.37. The molecule has 0 N–H and O–H groups in total. The Morgan fingerprint density at radius 1 is 1.41 bits per heavy atom. The molecule has 17 heavy (non-hydrogen) atoms. The summed E-state index contributed by atoms with van der Waals surface area (Å²) in [5.41, 5.74) is 2.07. The first-order valence-corrected chi connectivity index (χ1v) is 5.32. The van der Waals surface area contributed by atoms with Crippen LogP contribution in [0.15, 0.2) is 12.1 Å². The van der Waals surface area contributed by atoms with E-state index in [2.05, 4.69) is 10.8 Å². The molecule has 0 saturated heterocycles. The van der Waals surface area contributed by atoms with Crippen LogP contribution < -0.4 is 4.74 Å². The van der Waals surface area contributed by atoms with Crippen LogP contribution in [-0.4, -0.2) is 20.2 Å². The van der Waals surface area contributed by atoms with Crippen molar-refractivity contribution in [3.8, 4) is 11.8 Å². The molecule has 0 fully saturated rings. The summed E-state index contributed by atoms with van der Waals surface area (Å²) in [6, 6.07) is 5.73. The molecule has 1 aromatic carbocycles. The van der Waals surface area contributed by atoms with E-state index in [1.807, 2.05) is 19.1 Å². The van der Waals surface area contributed by atoms with Crippen molar-refractivity contribution < 1.29 is 14.3 Å². The van der Waals surface area contributed by atoms with E-state index in [9.17, 15) is 4.79 Å². The van der Waals surface area contributed by atoms with Gasteiger partial charge in [0.05, 0.1) is 26.2 Å². The van der Waals surface area contributed by atoms with Gasteiger partial charge in [-0.3, -0.25) is 4.79 Å². The quantitative estimate of drug-likeness (QED) is 0.744. The number of rotatable bonds is 4. The maximum Gasteiger partial charge on any atom is 0.310 e. The van der Waals surface area contributed by atoms with Crippen molar-refractivity contribution in [1.29, 1.82) is 5.26 Å². The van der Waals surface area contributed by atoms with E-state index in [-0.39, 0.29) is 12.4 Å². The van der Waals surface area contributed by atoms with Crippen LogP contribution in [0.25, 0.3) is 0 Å². The van der Waals surface area contributed by atoms with Gasteiger partial charge in [0.15, 0.2) is 0 Å². The molecule has 0 bridgehead atoms. The van der Waals surface area contributed by atoms with E-state index in [4.69, 9.17) is 10.00 Å². The lowest BCUT2D eigenvalue weighted by Gasteiger charge is -2.10. The number of methoxy groups -OCH3 is 2. The average molecular weight is 233 g/mol. The lowest BCUT2D eigenvalue weighted by molar-refractivity contribution is -0.139. The number of nitriles is 1. The van der Waals surface area contributed by atoms with Crippen molar-refractivity contribution in [2.24, 2.45) is 0 Å². The van der Waals surface area contributed by atoms with Crippen LogP contribution in [0.5, 0.6) is 5.75 Å². The molecule has 1 aromatic rings. The van der Waals surface area contributed by atoms with Crippen molar-refractivity contribution in [1.82, 2.24) is 0 Å². The molecule has 0 unspecified atom stereocenters. The standard InChI is InChI=1S/C13H15NO3/c1-4-9-5-10(7-13(15)17-3)11(8-14)12(6-9)16-2/h5-6H,4,7H2,1-3H3. The summed E-state index contributed by atoms with van der Waals surface area (Å²) in [4.78, 5) is 11.3. The Morgan fingerprint density at radius 3 is 2.59 bits per heavy atom. The van der Waals surface area contributed by atoms with E-state index in [1.165, 1.54) is 14.2 Å². The van der Waals surface area contributed by atoms with Gasteiger partial charge >= 0.3 is 5.97 Å². The summed E-state index contributed by atoms with van der Waals surface area (Å²) >= 11 is 0. The van der Waals surface area contributed by atoms with E-state index in [0.717, 1.165) is 12.0 Å². The zero-order chi connectivity index (χ0) is 12.8. The number of nitrogens with zero attached hydrogens (tertiary/aromatic N) is 1. The van der Waals surface area contributed by atoms with Crippen molar-refractivity contribution in [3.63, 3.8) is 0 Å². The molecule has 0 aliphatic heterocycles. The van der Waals surface area contributed by atoms with Crippen LogP contribution in [-0.2, 0) is 22.4 Å². The van der Waals surface area contributed by atoms with Gasteiger partial charge in [0.25, 0.3) is 0 Å². The first-order chi connectivity index (χ1) is 8.15. The number of ether oxygens (including phenoxy) is 2. The first kappa shape index (κ1) is 13.0. The summed E-state index contributed by atoms with van der Waals surface area (Å²) in [6.07, 6.45) is 0.903. The molecule has 0 radical (unpaired) electrons. The van der Waals surface area contributed by atoms with E-state index < -0.39 is 0 Å². The van der Waals surface area contributed by atoms with Gasteiger partial charge in [-0.2, -0.15) is 5.26 Å². The molecule has 0 atom stereocenters. The third-order valence-corrected chi connectivity index (χ3v) is 2.55. The molecule has 0 aliphatic rings. The molecule has 0 heterocycles. The smallest absolute Gasteiger partial charge is 0.310 e. The molecule has 4 nitrogen and oxygen atoms in total. The number of hydrogen-bond donors (Lipinski definition) is 0. The topological polar surface area (TPSA) is 59.3 Å². The van der Waals surface area contributed by atoms with Crippen LogP contribution in [0.1, 0.15) is 23.6 Å². The van der Waals surface area contributed by atoms with Gasteiger partial charge in [-0.25, -0.2) is 0 Å². The predicted molar refractivity (Wildman–Crippen MR) is 62.8 cm³/mol. The fourth-order valence-electron chi connectivity index (χ4n) is 1.60. The normalized spacial score (nSPS) is 9.53. The molecule has 0 aromatic heterocycles. The summed E-state index contributed by atoms with van der Waals surface area (Å²) in [5, 5.41) is 9.10. The minimum atomic E-state index is -0.364. The number of carbonyl (C=O) groups is 1. The predicted octanol–water partition coefficient (Wildman–Crippen LogP) is 1.84. The number of benzene rings is 1. The highest BCUT2D eigenvalue weighted by atomic mass is 16.5. The van der Waals surface area contributed by atoms with Gasteiger partial charge in [-0.1, -0.05) is 13.0 Å². The Morgan fingerprint density at radius 2 is 2.12 bits per heavy atom. The zero-order valence-electron chi connectivity index (χ0n) is 10.2. The first-order valence-electron chi connectivity index (χ1n) is 5.32. The molecule has 0 saturated carbocycles. The second kappa shape index (κ2) is 5.90. The summed E-state index contributed by atoms with van der Waals surface area (Å²) < 4.78 is 9.77. The summed E-state index contributed by atoms with van der Waals surface area (Å²) in [6.45, 7) is 2.00. The van der Waals surface area contributed by atoms with Crippen molar-refractivity contribution in [2.75, 3.05) is 14.2 Å². The highest BCUT2D eigenvalue weighted by Crippen LogP contribution is 2.25. The Bertz CT molecular complexity index is 460. The molecule has 0 aliphatic carbocycles. The molecular formula is C13H15NO3. The number of carbonyl (C=O) groups excluding carboxylic acids is 1. The van der Waals surface area contributed by atoms with Crippen LogP contribution in [0, 0.1) is 11.3 Å². The van der Waals surface area contributed by atoms with Crippen molar-refractivity contribution in [3.05, 3.63) is 28.8 Å². The molecule has 0 spiro atoms.